The lowest BCUT2D eigenvalue weighted by Gasteiger charge is -2.22. The topological polar surface area (TPSA) is 49.8 Å². The Labute approximate surface area is 96.0 Å². The van der Waals surface area contributed by atoms with Gasteiger partial charge in [0.2, 0.25) is 0 Å². The second kappa shape index (κ2) is 4.87. The summed E-state index contributed by atoms with van der Waals surface area (Å²) in [5.74, 6) is 0.823. The molecular weight excluding hydrogens is 202 g/mol. The molecule has 0 bridgehead atoms. The molecule has 4 nitrogen and oxygen atoms in total. The van der Waals surface area contributed by atoms with Crippen molar-refractivity contribution in [3.63, 3.8) is 0 Å². The summed E-state index contributed by atoms with van der Waals surface area (Å²) in [5, 5.41) is 6.52. The van der Waals surface area contributed by atoms with Crippen LogP contribution in [0, 0.1) is 12.8 Å². The van der Waals surface area contributed by atoms with Crippen molar-refractivity contribution in [1.82, 2.24) is 15.1 Å². The minimum atomic E-state index is 0.111. The molecule has 0 radical (unpaired) electrons. The zero-order valence-electron chi connectivity index (χ0n) is 10.2. The minimum Gasteiger partial charge on any atom is -0.317 e. The minimum absolute atomic E-state index is 0.111. The molecule has 0 aliphatic carbocycles. The van der Waals surface area contributed by atoms with Crippen molar-refractivity contribution in [1.29, 1.82) is 0 Å². The second-order valence-corrected chi connectivity index (χ2v) is 4.81. The van der Waals surface area contributed by atoms with Crippen molar-refractivity contribution in [3.05, 3.63) is 21.6 Å². The molecule has 1 saturated heterocycles. The summed E-state index contributed by atoms with van der Waals surface area (Å²) in [5.41, 5.74) is 2.11. The van der Waals surface area contributed by atoms with Crippen LogP contribution in [0.15, 0.2) is 4.79 Å². The zero-order chi connectivity index (χ0) is 11.5. The highest BCUT2D eigenvalue weighted by Gasteiger charge is 2.14. The third-order valence-corrected chi connectivity index (χ3v) is 3.64. The van der Waals surface area contributed by atoms with E-state index in [0.29, 0.717) is 0 Å². The second-order valence-electron chi connectivity index (χ2n) is 4.81. The van der Waals surface area contributed by atoms with E-state index in [-0.39, 0.29) is 5.56 Å². The molecule has 1 aromatic rings. The molecule has 1 aliphatic rings. The third-order valence-electron chi connectivity index (χ3n) is 3.64. The van der Waals surface area contributed by atoms with Gasteiger partial charge in [-0.15, -0.1) is 0 Å². The number of nitrogens with one attached hydrogen (secondary N) is 2. The van der Waals surface area contributed by atoms with Crippen molar-refractivity contribution in [2.24, 2.45) is 13.0 Å². The average Bonchev–Trinajstić information content (AvgIpc) is 2.56. The molecular formula is C12H21N3O. The molecule has 0 atom stereocenters. The lowest BCUT2D eigenvalue weighted by atomic mass is 9.92. The van der Waals surface area contributed by atoms with Crippen molar-refractivity contribution in [2.45, 2.75) is 32.6 Å². The largest absolute Gasteiger partial charge is 0.317 e. The highest BCUT2D eigenvalue weighted by Crippen LogP contribution is 2.18. The van der Waals surface area contributed by atoms with E-state index in [1.807, 2.05) is 6.92 Å². The number of H-pyrrole nitrogens is 1. The van der Waals surface area contributed by atoms with Crippen LogP contribution < -0.4 is 10.9 Å². The molecule has 0 amide bonds. The molecule has 0 aromatic carbocycles. The highest BCUT2D eigenvalue weighted by atomic mass is 16.1. The fourth-order valence-corrected chi connectivity index (χ4v) is 2.48. The molecule has 1 aromatic heterocycles. The normalized spacial score (nSPS) is 17.9. The predicted molar refractivity (Wildman–Crippen MR) is 64.7 cm³/mol. The Balaban J connectivity index is 1.93. The first-order valence-electron chi connectivity index (χ1n) is 6.13. The van der Waals surface area contributed by atoms with Crippen LogP contribution in [0.3, 0.4) is 0 Å². The number of piperidine rings is 1. The van der Waals surface area contributed by atoms with Crippen molar-refractivity contribution in [3.8, 4) is 0 Å². The van der Waals surface area contributed by atoms with Gasteiger partial charge in [-0.25, -0.2) is 0 Å². The van der Waals surface area contributed by atoms with E-state index in [1.165, 1.54) is 19.3 Å². The molecule has 4 heteroatoms. The molecule has 1 fully saturated rings. The molecule has 0 saturated carbocycles. The van der Waals surface area contributed by atoms with Gasteiger partial charge in [-0.3, -0.25) is 14.6 Å². The van der Waals surface area contributed by atoms with Crippen molar-refractivity contribution in [2.75, 3.05) is 13.1 Å². The van der Waals surface area contributed by atoms with E-state index in [4.69, 9.17) is 0 Å². The summed E-state index contributed by atoms with van der Waals surface area (Å²) in [6, 6.07) is 0. The van der Waals surface area contributed by atoms with Crippen LogP contribution in [0.25, 0.3) is 0 Å². The van der Waals surface area contributed by atoms with E-state index in [0.717, 1.165) is 36.7 Å². The highest BCUT2D eigenvalue weighted by molar-refractivity contribution is 5.15. The Kier molecular flexibility index (Phi) is 3.49. The number of rotatable bonds is 3. The molecule has 90 valence electrons. The van der Waals surface area contributed by atoms with Gasteiger partial charge in [0.05, 0.1) is 0 Å². The van der Waals surface area contributed by atoms with Gasteiger partial charge >= 0.3 is 0 Å². The van der Waals surface area contributed by atoms with Crippen LogP contribution in [-0.2, 0) is 13.5 Å². The lowest BCUT2D eigenvalue weighted by molar-refractivity contribution is 0.353. The van der Waals surface area contributed by atoms with Crippen LogP contribution in [-0.4, -0.2) is 22.9 Å². The van der Waals surface area contributed by atoms with Gasteiger partial charge in [0, 0.05) is 18.3 Å². The summed E-state index contributed by atoms with van der Waals surface area (Å²) in [4.78, 5) is 11.6. The fraction of sp³-hybridized carbons (Fsp3) is 0.750. The first-order chi connectivity index (χ1) is 7.68. The quantitative estimate of drug-likeness (QED) is 0.801. The van der Waals surface area contributed by atoms with Gasteiger partial charge in [-0.2, -0.15) is 0 Å². The molecule has 2 rings (SSSR count). The first kappa shape index (κ1) is 11.5. The van der Waals surface area contributed by atoms with Crippen LogP contribution in [0.5, 0.6) is 0 Å². The first-order valence-corrected chi connectivity index (χ1v) is 6.13. The van der Waals surface area contributed by atoms with Crippen LogP contribution in [0.2, 0.25) is 0 Å². The summed E-state index contributed by atoms with van der Waals surface area (Å²) >= 11 is 0. The number of aryl methyl sites for hydroxylation is 2. The van der Waals surface area contributed by atoms with E-state index in [1.54, 1.807) is 11.7 Å². The van der Waals surface area contributed by atoms with Gasteiger partial charge in [0.1, 0.15) is 0 Å². The SMILES string of the molecule is Cc1c(CCC2CCNCC2)[nH]n(C)c1=O. The monoisotopic (exact) mass is 223 g/mol. The number of hydrogen-bond donors (Lipinski definition) is 2. The molecule has 16 heavy (non-hydrogen) atoms. The van der Waals surface area contributed by atoms with Gasteiger partial charge in [0.25, 0.3) is 5.56 Å². The van der Waals surface area contributed by atoms with Crippen LogP contribution >= 0.6 is 0 Å². The fourth-order valence-electron chi connectivity index (χ4n) is 2.48. The van der Waals surface area contributed by atoms with Crippen LogP contribution in [0.4, 0.5) is 0 Å². The zero-order valence-corrected chi connectivity index (χ0v) is 10.2. The molecule has 1 aliphatic heterocycles. The summed E-state index contributed by atoms with van der Waals surface area (Å²) in [7, 11) is 1.78. The van der Waals surface area contributed by atoms with Crippen LogP contribution in [0.1, 0.15) is 30.5 Å². The smallest absolute Gasteiger partial charge is 0.269 e. The maximum Gasteiger partial charge on any atom is 0.269 e. The van der Waals surface area contributed by atoms with Gasteiger partial charge in [-0.1, -0.05) is 0 Å². The molecule has 0 unspecified atom stereocenters. The Bertz CT molecular complexity index is 399. The predicted octanol–water partition coefficient (Wildman–Crippen LogP) is 0.954. The molecule has 2 heterocycles. The third kappa shape index (κ3) is 2.38. The number of hydrogen-bond acceptors (Lipinski definition) is 2. The molecule has 2 N–H and O–H groups in total. The van der Waals surface area contributed by atoms with Crippen molar-refractivity contribution < 1.29 is 0 Å². The van der Waals surface area contributed by atoms with Crippen molar-refractivity contribution >= 4 is 0 Å². The molecule has 0 spiro atoms. The number of aromatic nitrogens is 2. The number of nitrogens with zero attached hydrogens (tertiary/aromatic N) is 1. The van der Waals surface area contributed by atoms with Gasteiger partial charge in [0.15, 0.2) is 0 Å². The van der Waals surface area contributed by atoms with E-state index in [2.05, 4.69) is 10.4 Å². The Hall–Kier alpha value is -1.03. The van der Waals surface area contributed by atoms with E-state index >= 15 is 0 Å². The van der Waals surface area contributed by atoms with E-state index in [9.17, 15) is 4.79 Å². The van der Waals surface area contributed by atoms with Gasteiger partial charge < -0.3 is 5.32 Å². The Morgan fingerprint density at radius 2 is 2.06 bits per heavy atom. The number of aromatic amines is 1. The standard InChI is InChI=1S/C12H21N3O/c1-9-11(14-15(2)12(9)16)4-3-10-5-7-13-8-6-10/h10,13-14H,3-8H2,1-2H3. The summed E-state index contributed by atoms with van der Waals surface area (Å²) in [6.45, 7) is 4.21. The Morgan fingerprint density at radius 1 is 1.38 bits per heavy atom. The maximum atomic E-state index is 11.6. The lowest BCUT2D eigenvalue weighted by Crippen LogP contribution is -2.27. The Morgan fingerprint density at radius 3 is 2.62 bits per heavy atom. The summed E-state index contributed by atoms with van der Waals surface area (Å²) < 4.78 is 1.58. The van der Waals surface area contributed by atoms with E-state index < -0.39 is 0 Å². The average molecular weight is 223 g/mol. The maximum absolute atomic E-state index is 11.6. The van der Waals surface area contributed by atoms with Gasteiger partial charge in [-0.05, 0) is 51.6 Å². The summed E-state index contributed by atoms with van der Waals surface area (Å²) in [6.07, 6.45) is 4.75.